The van der Waals surface area contributed by atoms with Crippen LogP contribution in [0.5, 0.6) is 0 Å². The predicted molar refractivity (Wildman–Crippen MR) is 61.9 cm³/mol. The fourth-order valence-corrected chi connectivity index (χ4v) is 2.79. The van der Waals surface area contributed by atoms with Gasteiger partial charge in [0.15, 0.2) is 0 Å². The molecule has 1 unspecified atom stereocenters. The molecule has 0 aromatic heterocycles. The summed E-state index contributed by atoms with van der Waals surface area (Å²) in [6.45, 7) is 0. The third kappa shape index (κ3) is 4.64. The quantitative estimate of drug-likeness (QED) is 0.658. The van der Waals surface area contributed by atoms with E-state index in [1.165, 1.54) is 11.8 Å². The number of rotatable bonds is 5. The lowest BCUT2D eigenvalue weighted by atomic mass is 10.1. The average Bonchev–Trinajstić information content (AvgIpc) is 2.28. The number of carboxylic acid groups (broad SMARTS) is 2. The fourth-order valence-electron chi connectivity index (χ4n) is 1.59. The van der Waals surface area contributed by atoms with Crippen LogP contribution in [0.25, 0.3) is 0 Å². The first kappa shape index (κ1) is 13.8. The maximum Gasteiger partial charge on any atom is 0.326 e. The number of hydrogen-bond acceptors (Lipinski definition) is 4. The molecule has 0 aromatic rings. The van der Waals surface area contributed by atoms with E-state index in [0.29, 0.717) is 0 Å². The molecule has 0 bridgehead atoms. The molecule has 1 fully saturated rings. The van der Waals surface area contributed by atoms with Crippen molar-refractivity contribution < 1.29 is 24.6 Å². The smallest absolute Gasteiger partial charge is 0.326 e. The number of hydrogen-bond donors (Lipinski definition) is 3. The van der Waals surface area contributed by atoms with Crippen molar-refractivity contribution in [1.29, 1.82) is 0 Å². The first-order chi connectivity index (χ1) is 8.00. The van der Waals surface area contributed by atoms with Crippen LogP contribution in [0.3, 0.4) is 0 Å². The van der Waals surface area contributed by atoms with E-state index in [1.807, 2.05) is 0 Å². The zero-order chi connectivity index (χ0) is 12.8. The predicted octanol–water partition coefficient (Wildman–Crippen LogP) is 0.316. The number of carbonyl (C=O) groups excluding carboxylic acids is 1. The normalized spacial score (nSPS) is 21.5. The monoisotopic (exact) mass is 261 g/mol. The molecule has 0 aromatic carbocycles. The van der Waals surface area contributed by atoms with Crippen molar-refractivity contribution in [2.24, 2.45) is 0 Å². The van der Waals surface area contributed by atoms with Crippen molar-refractivity contribution >= 4 is 29.6 Å². The Hall–Kier alpha value is -1.24. The Labute approximate surface area is 103 Å². The summed E-state index contributed by atoms with van der Waals surface area (Å²) in [5, 5.41) is 19.3. The number of carboxylic acids is 2. The third-order valence-corrected chi connectivity index (χ3v) is 3.84. The lowest BCUT2D eigenvalue weighted by Crippen LogP contribution is -2.46. The molecule has 0 saturated carbocycles. The highest BCUT2D eigenvalue weighted by Gasteiger charge is 2.28. The van der Waals surface area contributed by atoms with Crippen molar-refractivity contribution in [3.05, 3.63) is 0 Å². The van der Waals surface area contributed by atoms with Gasteiger partial charge in [-0.25, -0.2) is 4.79 Å². The van der Waals surface area contributed by atoms with Crippen LogP contribution >= 0.6 is 11.8 Å². The second kappa shape index (κ2) is 6.48. The van der Waals surface area contributed by atoms with E-state index >= 15 is 0 Å². The molecular formula is C10H15NO5S. The summed E-state index contributed by atoms with van der Waals surface area (Å²) in [6, 6.07) is -1.34. The van der Waals surface area contributed by atoms with Gasteiger partial charge in [0.1, 0.15) is 6.04 Å². The summed E-state index contributed by atoms with van der Waals surface area (Å²) in [5.74, 6) is -2.05. The van der Waals surface area contributed by atoms with E-state index in [1.54, 1.807) is 0 Å². The number of thioether (sulfide) groups is 1. The van der Waals surface area contributed by atoms with E-state index in [2.05, 4.69) is 5.32 Å². The van der Waals surface area contributed by atoms with E-state index in [4.69, 9.17) is 10.2 Å². The van der Waals surface area contributed by atoms with Gasteiger partial charge in [-0.2, -0.15) is 0 Å². The highest BCUT2D eigenvalue weighted by atomic mass is 32.2. The van der Waals surface area contributed by atoms with Crippen LogP contribution in [0.2, 0.25) is 0 Å². The van der Waals surface area contributed by atoms with Crippen LogP contribution in [-0.2, 0) is 14.4 Å². The fraction of sp³-hybridized carbons (Fsp3) is 0.700. The summed E-state index contributed by atoms with van der Waals surface area (Å²) in [5.41, 5.74) is 0. The van der Waals surface area contributed by atoms with Gasteiger partial charge in [-0.3, -0.25) is 9.59 Å². The Bertz CT molecular complexity index is 314. The van der Waals surface area contributed by atoms with Crippen molar-refractivity contribution in [2.45, 2.75) is 37.0 Å². The topological polar surface area (TPSA) is 104 Å². The minimum Gasteiger partial charge on any atom is -0.481 e. The lowest BCUT2D eigenvalue weighted by Gasteiger charge is -2.22. The molecule has 1 aliphatic heterocycles. The number of aliphatic carboxylic acids is 2. The van der Waals surface area contributed by atoms with E-state index in [9.17, 15) is 14.4 Å². The molecule has 1 saturated heterocycles. The largest absolute Gasteiger partial charge is 0.481 e. The molecular weight excluding hydrogens is 246 g/mol. The average molecular weight is 261 g/mol. The minimum atomic E-state index is -1.34. The molecule has 0 radical (unpaired) electrons. The summed E-state index contributed by atoms with van der Waals surface area (Å²) in [6.07, 6.45) is 2.13. The number of nitrogens with one attached hydrogen (secondary N) is 1. The van der Waals surface area contributed by atoms with Crippen molar-refractivity contribution in [3.8, 4) is 0 Å². The summed E-state index contributed by atoms with van der Waals surface area (Å²) >= 11 is 1.49. The molecule has 17 heavy (non-hydrogen) atoms. The molecule has 1 aliphatic rings. The van der Waals surface area contributed by atoms with E-state index < -0.39 is 24.4 Å². The SMILES string of the molecule is O=C(O)C[C@@H](NC(=O)C1CCCCS1)C(=O)O. The van der Waals surface area contributed by atoms with Gasteiger partial charge in [-0.05, 0) is 18.6 Å². The van der Waals surface area contributed by atoms with Crippen LogP contribution in [0, 0.1) is 0 Å². The molecule has 6 nitrogen and oxygen atoms in total. The maximum atomic E-state index is 11.7. The van der Waals surface area contributed by atoms with Crippen LogP contribution < -0.4 is 5.32 Å². The maximum absolute atomic E-state index is 11.7. The van der Waals surface area contributed by atoms with Gasteiger partial charge in [0.05, 0.1) is 11.7 Å². The minimum absolute atomic E-state index is 0.251. The Balaban J connectivity index is 2.50. The Morgan fingerprint density at radius 1 is 1.29 bits per heavy atom. The van der Waals surface area contributed by atoms with Gasteiger partial charge in [0, 0.05) is 0 Å². The van der Waals surface area contributed by atoms with Crippen LogP contribution in [0.15, 0.2) is 0 Å². The standard InChI is InChI=1S/C10H15NO5S/c12-8(13)5-6(10(15)16)11-9(14)7-3-1-2-4-17-7/h6-7H,1-5H2,(H,11,14)(H,12,13)(H,15,16)/t6-,7?/m1/s1. The molecule has 0 spiro atoms. The second-order valence-electron chi connectivity index (χ2n) is 3.85. The molecule has 3 N–H and O–H groups in total. The van der Waals surface area contributed by atoms with Crippen LogP contribution in [-0.4, -0.2) is 45.1 Å². The second-order valence-corrected chi connectivity index (χ2v) is 5.16. The van der Waals surface area contributed by atoms with Gasteiger partial charge >= 0.3 is 11.9 Å². The molecule has 0 aliphatic carbocycles. The number of carbonyl (C=O) groups is 3. The van der Waals surface area contributed by atoms with Crippen molar-refractivity contribution in [2.75, 3.05) is 5.75 Å². The number of amides is 1. The molecule has 7 heteroatoms. The van der Waals surface area contributed by atoms with Gasteiger partial charge in [0.2, 0.25) is 5.91 Å². The Morgan fingerprint density at radius 3 is 2.47 bits per heavy atom. The zero-order valence-corrected chi connectivity index (χ0v) is 10.0. The Morgan fingerprint density at radius 2 is 2.00 bits per heavy atom. The lowest BCUT2D eigenvalue weighted by molar-refractivity contribution is -0.147. The molecule has 1 rings (SSSR count). The highest BCUT2D eigenvalue weighted by Crippen LogP contribution is 2.25. The van der Waals surface area contributed by atoms with Crippen molar-refractivity contribution in [1.82, 2.24) is 5.32 Å². The van der Waals surface area contributed by atoms with Crippen LogP contribution in [0.4, 0.5) is 0 Å². The molecule has 1 heterocycles. The van der Waals surface area contributed by atoms with Gasteiger partial charge < -0.3 is 15.5 Å². The zero-order valence-electron chi connectivity index (χ0n) is 9.22. The molecule has 1 amide bonds. The summed E-state index contributed by atoms with van der Waals surface area (Å²) in [4.78, 5) is 32.9. The third-order valence-electron chi connectivity index (χ3n) is 2.47. The first-order valence-corrected chi connectivity index (χ1v) is 6.42. The molecule has 2 atom stereocenters. The molecule has 96 valence electrons. The summed E-state index contributed by atoms with van der Waals surface area (Å²) < 4.78 is 0. The Kier molecular flexibility index (Phi) is 5.27. The van der Waals surface area contributed by atoms with Gasteiger partial charge in [0.25, 0.3) is 0 Å². The van der Waals surface area contributed by atoms with Crippen molar-refractivity contribution in [3.63, 3.8) is 0 Å². The summed E-state index contributed by atoms with van der Waals surface area (Å²) in [7, 11) is 0. The first-order valence-electron chi connectivity index (χ1n) is 5.37. The highest BCUT2D eigenvalue weighted by molar-refractivity contribution is 8.00. The van der Waals surface area contributed by atoms with Crippen LogP contribution in [0.1, 0.15) is 25.7 Å². The van der Waals surface area contributed by atoms with E-state index in [0.717, 1.165) is 25.0 Å². The van der Waals surface area contributed by atoms with Gasteiger partial charge in [-0.1, -0.05) is 6.42 Å². The van der Waals surface area contributed by atoms with Gasteiger partial charge in [-0.15, -0.1) is 11.8 Å². The van der Waals surface area contributed by atoms with E-state index in [-0.39, 0.29) is 11.2 Å².